The van der Waals surface area contributed by atoms with E-state index in [9.17, 15) is 4.57 Å². The van der Waals surface area contributed by atoms with Crippen LogP contribution in [0.15, 0.2) is 0 Å². The second-order valence-corrected chi connectivity index (χ2v) is 7.62. The van der Waals surface area contributed by atoms with Crippen molar-refractivity contribution >= 4 is 7.52 Å². The van der Waals surface area contributed by atoms with Gasteiger partial charge in [-0.2, -0.15) is 0 Å². The Morgan fingerprint density at radius 3 is 1.83 bits per heavy atom. The maximum absolute atomic E-state index is 12.3. The smallest absolute Gasteiger partial charge is 0.269 e. The SMILES string of the molecule is CC.CC.CC.CCOP(C)(=O)N1CCN(C2CCNCC2)CC1. The van der Waals surface area contributed by atoms with Gasteiger partial charge in [0.25, 0.3) is 7.52 Å². The molecule has 2 heterocycles. The maximum Gasteiger partial charge on any atom is 0.269 e. The summed E-state index contributed by atoms with van der Waals surface area (Å²) in [4.78, 5) is 2.56. The number of piperidine rings is 1. The summed E-state index contributed by atoms with van der Waals surface area (Å²) in [6, 6.07) is 0.719. The highest BCUT2D eigenvalue weighted by Gasteiger charge is 2.31. The van der Waals surface area contributed by atoms with Gasteiger partial charge >= 0.3 is 0 Å². The first-order valence-electron chi connectivity index (χ1n) is 10.1. The van der Waals surface area contributed by atoms with Crippen molar-refractivity contribution < 1.29 is 9.09 Å². The lowest BCUT2D eigenvalue weighted by Gasteiger charge is -2.42. The molecule has 24 heavy (non-hydrogen) atoms. The van der Waals surface area contributed by atoms with Crippen LogP contribution in [0.5, 0.6) is 0 Å². The van der Waals surface area contributed by atoms with Crippen molar-refractivity contribution in [2.24, 2.45) is 0 Å². The van der Waals surface area contributed by atoms with E-state index in [0.29, 0.717) is 6.61 Å². The Kier molecular flexibility index (Phi) is 18.1. The van der Waals surface area contributed by atoms with E-state index in [4.69, 9.17) is 4.52 Å². The van der Waals surface area contributed by atoms with Gasteiger partial charge in [-0.25, -0.2) is 4.67 Å². The van der Waals surface area contributed by atoms with Gasteiger partial charge in [0.05, 0.1) is 6.61 Å². The molecule has 0 aromatic heterocycles. The number of hydrogen-bond donors (Lipinski definition) is 1. The molecule has 1 unspecified atom stereocenters. The zero-order valence-corrected chi connectivity index (χ0v) is 18.5. The Bertz CT molecular complexity index is 303. The second kappa shape index (κ2) is 16.5. The summed E-state index contributed by atoms with van der Waals surface area (Å²) >= 11 is 0. The molecule has 1 N–H and O–H groups in total. The third-order valence-electron chi connectivity index (χ3n) is 4.00. The van der Waals surface area contributed by atoms with Crippen LogP contribution in [0.4, 0.5) is 0 Å². The summed E-state index contributed by atoms with van der Waals surface area (Å²) in [6.45, 7) is 22.2. The average Bonchev–Trinajstić information content (AvgIpc) is 2.67. The van der Waals surface area contributed by atoms with Crippen LogP contribution < -0.4 is 5.32 Å². The molecular formula is C18H44N3O2P. The van der Waals surface area contributed by atoms with Gasteiger partial charge in [0.1, 0.15) is 0 Å². The fourth-order valence-electron chi connectivity index (χ4n) is 2.93. The number of nitrogens with one attached hydrogen (secondary N) is 1. The Hall–Kier alpha value is 0.0700. The molecule has 2 aliphatic rings. The van der Waals surface area contributed by atoms with Crippen molar-refractivity contribution in [3.63, 3.8) is 0 Å². The molecule has 6 heteroatoms. The molecular weight excluding hydrogens is 321 g/mol. The Balaban J connectivity index is 0. The standard InChI is InChI=1S/C12H26N3O2P.3C2H6/c1-3-17-18(2,16)15-10-8-14(9-11-15)12-4-6-13-7-5-12;3*1-2/h12-13H,3-11H2,1-2H3;3*1-2H3. The van der Waals surface area contributed by atoms with Crippen molar-refractivity contribution in [2.75, 3.05) is 52.5 Å². The average molecular weight is 366 g/mol. The minimum Gasteiger partial charge on any atom is -0.318 e. The van der Waals surface area contributed by atoms with Gasteiger partial charge in [0.15, 0.2) is 0 Å². The van der Waals surface area contributed by atoms with Gasteiger partial charge in [-0.1, -0.05) is 41.5 Å². The number of hydrogen-bond acceptors (Lipinski definition) is 4. The summed E-state index contributed by atoms with van der Waals surface area (Å²) in [5, 5.41) is 3.40. The van der Waals surface area contributed by atoms with E-state index in [1.807, 2.05) is 53.1 Å². The normalized spacial score (nSPS) is 21.8. The highest BCUT2D eigenvalue weighted by molar-refractivity contribution is 7.55. The molecule has 0 aromatic carbocycles. The maximum atomic E-state index is 12.3. The van der Waals surface area contributed by atoms with Gasteiger partial charge in [0, 0.05) is 38.9 Å². The molecule has 2 aliphatic heterocycles. The number of rotatable bonds is 4. The van der Waals surface area contributed by atoms with E-state index in [0.717, 1.165) is 45.3 Å². The zero-order valence-electron chi connectivity index (χ0n) is 17.6. The van der Waals surface area contributed by atoms with Crippen LogP contribution in [-0.2, 0) is 9.09 Å². The molecule has 2 saturated heterocycles. The minimum atomic E-state index is -2.54. The van der Waals surface area contributed by atoms with Crippen molar-refractivity contribution in [1.29, 1.82) is 0 Å². The first kappa shape index (κ1) is 26.3. The third-order valence-corrected chi connectivity index (χ3v) is 6.16. The monoisotopic (exact) mass is 365 g/mol. The lowest BCUT2D eigenvalue weighted by Crippen LogP contribution is -2.51. The summed E-state index contributed by atoms with van der Waals surface area (Å²) in [5.74, 6) is 0. The van der Waals surface area contributed by atoms with Crippen LogP contribution >= 0.6 is 7.52 Å². The van der Waals surface area contributed by atoms with Crippen molar-refractivity contribution in [3.05, 3.63) is 0 Å². The molecule has 2 fully saturated rings. The van der Waals surface area contributed by atoms with Crippen LogP contribution in [0.3, 0.4) is 0 Å². The van der Waals surface area contributed by atoms with Crippen LogP contribution in [0, 0.1) is 0 Å². The lowest BCUT2D eigenvalue weighted by molar-refractivity contribution is 0.107. The molecule has 0 radical (unpaired) electrons. The zero-order chi connectivity index (χ0) is 19.0. The summed E-state index contributed by atoms with van der Waals surface area (Å²) in [7, 11) is -2.54. The second-order valence-electron chi connectivity index (χ2n) is 5.19. The van der Waals surface area contributed by atoms with Gasteiger partial charge in [-0.3, -0.25) is 9.46 Å². The van der Waals surface area contributed by atoms with Gasteiger partial charge in [-0.15, -0.1) is 0 Å². The first-order valence-corrected chi connectivity index (χ1v) is 12.1. The molecule has 0 saturated carbocycles. The quantitative estimate of drug-likeness (QED) is 0.753. The van der Waals surface area contributed by atoms with E-state index in [1.165, 1.54) is 12.8 Å². The summed E-state index contributed by atoms with van der Waals surface area (Å²) in [5.41, 5.74) is 0. The van der Waals surface area contributed by atoms with Crippen LogP contribution in [0.1, 0.15) is 61.3 Å². The van der Waals surface area contributed by atoms with Crippen LogP contribution in [0.2, 0.25) is 0 Å². The molecule has 2 rings (SSSR count). The molecule has 0 amide bonds. The largest absolute Gasteiger partial charge is 0.318 e. The Morgan fingerprint density at radius 1 is 0.958 bits per heavy atom. The van der Waals surface area contributed by atoms with Crippen LogP contribution in [-0.4, -0.2) is 68.2 Å². The van der Waals surface area contributed by atoms with Gasteiger partial charge in [-0.05, 0) is 32.9 Å². The molecule has 0 aromatic rings. The van der Waals surface area contributed by atoms with E-state index in [2.05, 4.69) is 10.2 Å². The molecule has 1 atom stereocenters. The van der Waals surface area contributed by atoms with Crippen LogP contribution in [0.25, 0.3) is 0 Å². The van der Waals surface area contributed by atoms with E-state index in [1.54, 1.807) is 6.66 Å². The highest BCUT2D eigenvalue weighted by atomic mass is 31.2. The van der Waals surface area contributed by atoms with Crippen molar-refractivity contribution in [2.45, 2.75) is 67.3 Å². The summed E-state index contributed by atoms with van der Waals surface area (Å²) in [6.07, 6.45) is 2.49. The molecule has 0 spiro atoms. The molecule has 0 aliphatic carbocycles. The predicted octanol–water partition coefficient (Wildman–Crippen LogP) is 4.29. The van der Waals surface area contributed by atoms with Crippen molar-refractivity contribution in [3.8, 4) is 0 Å². The van der Waals surface area contributed by atoms with Gasteiger partial charge < -0.3 is 9.84 Å². The Labute approximate surface area is 152 Å². The lowest BCUT2D eigenvalue weighted by atomic mass is 10.0. The highest BCUT2D eigenvalue weighted by Crippen LogP contribution is 2.47. The fraction of sp³-hybridized carbons (Fsp3) is 1.00. The van der Waals surface area contributed by atoms with E-state index in [-0.39, 0.29) is 0 Å². The summed E-state index contributed by atoms with van der Waals surface area (Å²) < 4.78 is 19.8. The van der Waals surface area contributed by atoms with E-state index >= 15 is 0 Å². The first-order chi connectivity index (χ1) is 11.6. The number of piperazine rings is 1. The minimum absolute atomic E-state index is 0.530. The third kappa shape index (κ3) is 9.53. The fourth-order valence-corrected chi connectivity index (χ4v) is 4.48. The topological polar surface area (TPSA) is 44.8 Å². The Morgan fingerprint density at radius 2 is 1.42 bits per heavy atom. The molecule has 5 nitrogen and oxygen atoms in total. The predicted molar refractivity (Wildman–Crippen MR) is 108 cm³/mol. The van der Waals surface area contributed by atoms with E-state index < -0.39 is 7.52 Å². The van der Waals surface area contributed by atoms with Gasteiger partial charge in [0.2, 0.25) is 0 Å². The molecule has 0 bridgehead atoms. The van der Waals surface area contributed by atoms with Crippen molar-refractivity contribution in [1.82, 2.24) is 14.9 Å². The number of nitrogens with zero attached hydrogens (tertiary/aromatic N) is 2. The molecule has 148 valence electrons.